The molecule has 7 heteroatoms. The molecule has 1 fully saturated rings. The van der Waals surface area contributed by atoms with E-state index in [-0.39, 0.29) is 5.91 Å². The van der Waals surface area contributed by atoms with Crippen molar-refractivity contribution in [1.29, 1.82) is 0 Å². The minimum atomic E-state index is 0.250. The number of aryl methyl sites for hydroxylation is 3. The van der Waals surface area contributed by atoms with Crippen molar-refractivity contribution in [3.63, 3.8) is 0 Å². The Morgan fingerprint density at radius 2 is 1.93 bits per heavy atom. The normalized spacial score (nSPS) is 14.9. The predicted molar refractivity (Wildman–Crippen MR) is 109 cm³/mol. The lowest BCUT2D eigenvalue weighted by Crippen LogP contribution is -2.48. The van der Waals surface area contributed by atoms with Crippen LogP contribution >= 0.6 is 11.3 Å². The average molecular weight is 384 g/mol. The van der Waals surface area contributed by atoms with Crippen LogP contribution in [0.3, 0.4) is 0 Å². The zero-order chi connectivity index (χ0) is 18.8. The van der Waals surface area contributed by atoms with Crippen LogP contribution in [0, 0.1) is 13.8 Å². The van der Waals surface area contributed by atoms with E-state index in [2.05, 4.69) is 35.1 Å². The molecular weight excluding hydrogens is 358 g/mol. The highest BCUT2D eigenvalue weighted by molar-refractivity contribution is 7.22. The molecule has 0 spiro atoms. The lowest BCUT2D eigenvalue weighted by Gasteiger charge is -2.34. The van der Waals surface area contributed by atoms with Crippen LogP contribution in [-0.2, 0) is 11.3 Å². The number of nitrogens with zero attached hydrogens (tertiary/aromatic N) is 5. The lowest BCUT2D eigenvalue weighted by atomic mass is 10.2. The van der Waals surface area contributed by atoms with Crippen LogP contribution in [0.5, 0.6) is 0 Å². The van der Waals surface area contributed by atoms with Crippen molar-refractivity contribution >= 4 is 32.6 Å². The summed E-state index contributed by atoms with van der Waals surface area (Å²) in [6.45, 7) is 8.11. The highest BCUT2D eigenvalue weighted by atomic mass is 32.1. The van der Waals surface area contributed by atoms with E-state index in [4.69, 9.17) is 4.98 Å². The Balaban J connectivity index is 1.27. The summed E-state index contributed by atoms with van der Waals surface area (Å²) < 4.78 is 3.21. The molecule has 0 atom stereocenters. The van der Waals surface area contributed by atoms with E-state index in [1.165, 1.54) is 4.70 Å². The maximum Gasteiger partial charge on any atom is 0.222 e. The van der Waals surface area contributed by atoms with Gasteiger partial charge in [-0.15, -0.1) is 0 Å². The topological polar surface area (TPSA) is 54.3 Å². The molecule has 0 unspecified atom stereocenters. The first-order chi connectivity index (χ1) is 13.1. The standard InChI is InChI=1S/C20H25N5OS/c1-15-14-16(2)25(22-15)9-5-8-19(26)23-10-12-24(13-11-23)20-21-17-6-3-4-7-18(17)27-20/h3-4,6-7,14H,5,8-13H2,1-2H3. The number of hydrogen-bond donors (Lipinski definition) is 0. The average Bonchev–Trinajstić information content (AvgIpc) is 3.24. The third-order valence-electron chi connectivity index (χ3n) is 5.05. The Morgan fingerprint density at radius 1 is 1.15 bits per heavy atom. The van der Waals surface area contributed by atoms with E-state index in [9.17, 15) is 4.79 Å². The Labute approximate surface area is 163 Å². The van der Waals surface area contributed by atoms with Gasteiger partial charge < -0.3 is 9.80 Å². The van der Waals surface area contributed by atoms with Gasteiger partial charge >= 0.3 is 0 Å². The first-order valence-electron chi connectivity index (χ1n) is 9.49. The van der Waals surface area contributed by atoms with E-state index in [0.29, 0.717) is 6.42 Å². The van der Waals surface area contributed by atoms with Crippen LogP contribution in [-0.4, -0.2) is 51.8 Å². The van der Waals surface area contributed by atoms with Crippen LogP contribution in [0.25, 0.3) is 10.2 Å². The zero-order valence-electron chi connectivity index (χ0n) is 15.9. The van der Waals surface area contributed by atoms with E-state index in [1.54, 1.807) is 11.3 Å². The second-order valence-electron chi connectivity index (χ2n) is 7.09. The van der Waals surface area contributed by atoms with Crippen LogP contribution in [0.1, 0.15) is 24.2 Å². The molecule has 0 N–H and O–H groups in total. The Kier molecular flexibility index (Phi) is 5.11. The van der Waals surface area contributed by atoms with Crippen molar-refractivity contribution in [2.24, 2.45) is 0 Å². The van der Waals surface area contributed by atoms with Gasteiger partial charge in [0.25, 0.3) is 0 Å². The summed E-state index contributed by atoms with van der Waals surface area (Å²) in [5.74, 6) is 0.250. The maximum absolute atomic E-state index is 12.5. The molecule has 3 heterocycles. The number of anilines is 1. The lowest BCUT2D eigenvalue weighted by molar-refractivity contribution is -0.131. The van der Waals surface area contributed by atoms with E-state index in [1.807, 2.05) is 28.6 Å². The van der Waals surface area contributed by atoms with Gasteiger partial charge in [0.05, 0.1) is 15.9 Å². The molecule has 2 aromatic heterocycles. The summed E-state index contributed by atoms with van der Waals surface area (Å²) in [7, 11) is 0. The molecule has 0 radical (unpaired) electrons. The van der Waals surface area contributed by atoms with E-state index < -0.39 is 0 Å². The largest absolute Gasteiger partial charge is 0.345 e. The van der Waals surface area contributed by atoms with Crippen LogP contribution in [0.15, 0.2) is 30.3 Å². The summed E-state index contributed by atoms with van der Waals surface area (Å²) in [5.41, 5.74) is 3.24. The highest BCUT2D eigenvalue weighted by Gasteiger charge is 2.22. The van der Waals surface area contributed by atoms with E-state index in [0.717, 1.165) is 61.2 Å². The molecule has 1 saturated heterocycles. The van der Waals surface area contributed by atoms with Crippen molar-refractivity contribution in [2.75, 3.05) is 31.1 Å². The molecule has 0 saturated carbocycles. The summed E-state index contributed by atoms with van der Waals surface area (Å²) in [6.07, 6.45) is 1.42. The number of amides is 1. The maximum atomic E-state index is 12.5. The fraction of sp³-hybridized carbons (Fsp3) is 0.450. The van der Waals surface area contributed by atoms with Crippen molar-refractivity contribution in [2.45, 2.75) is 33.2 Å². The van der Waals surface area contributed by atoms with Gasteiger partial charge in [-0.2, -0.15) is 5.10 Å². The van der Waals surface area contributed by atoms with Gasteiger partial charge in [-0.1, -0.05) is 23.5 Å². The molecule has 1 amide bonds. The molecular formula is C20H25N5OS. The third-order valence-corrected chi connectivity index (χ3v) is 6.15. The molecule has 1 aliphatic rings. The Hall–Kier alpha value is -2.41. The SMILES string of the molecule is Cc1cc(C)n(CCCC(=O)N2CCN(c3nc4ccccc4s3)CC2)n1. The van der Waals surface area contributed by atoms with Crippen LogP contribution < -0.4 is 4.90 Å². The van der Waals surface area contributed by atoms with E-state index >= 15 is 0 Å². The van der Waals surface area contributed by atoms with Gasteiger partial charge in [0.1, 0.15) is 0 Å². The number of carbonyl (C=O) groups excluding carboxylic acids is 1. The number of piperazine rings is 1. The van der Waals surface area contributed by atoms with Gasteiger partial charge in [-0.25, -0.2) is 4.98 Å². The molecule has 4 rings (SSSR count). The van der Waals surface area contributed by atoms with Gasteiger partial charge in [0.2, 0.25) is 5.91 Å². The number of aromatic nitrogens is 3. The van der Waals surface area contributed by atoms with Crippen molar-refractivity contribution in [1.82, 2.24) is 19.7 Å². The second-order valence-corrected chi connectivity index (χ2v) is 8.09. The fourth-order valence-corrected chi connectivity index (χ4v) is 4.60. The number of carbonyl (C=O) groups is 1. The first-order valence-corrected chi connectivity index (χ1v) is 10.3. The monoisotopic (exact) mass is 383 g/mol. The molecule has 142 valence electrons. The zero-order valence-corrected chi connectivity index (χ0v) is 16.7. The molecule has 1 aliphatic heterocycles. The summed E-state index contributed by atoms with van der Waals surface area (Å²) in [5, 5.41) is 5.52. The molecule has 3 aromatic rings. The summed E-state index contributed by atoms with van der Waals surface area (Å²) in [4.78, 5) is 21.5. The molecule has 27 heavy (non-hydrogen) atoms. The Morgan fingerprint density at radius 3 is 2.63 bits per heavy atom. The number of hydrogen-bond acceptors (Lipinski definition) is 5. The summed E-state index contributed by atoms with van der Waals surface area (Å²) in [6, 6.07) is 10.3. The minimum absolute atomic E-state index is 0.250. The molecule has 0 bridgehead atoms. The van der Waals surface area contributed by atoms with Crippen LogP contribution in [0.2, 0.25) is 0 Å². The number of rotatable bonds is 5. The second kappa shape index (κ2) is 7.68. The van der Waals surface area contributed by atoms with Crippen LogP contribution in [0.4, 0.5) is 5.13 Å². The highest BCUT2D eigenvalue weighted by Crippen LogP contribution is 2.29. The number of fused-ring (bicyclic) bond motifs is 1. The summed E-state index contributed by atoms with van der Waals surface area (Å²) >= 11 is 1.73. The quantitative estimate of drug-likeness (QED) is 0.679. The van der Waals surface area contributed by atoms with Gasteiger partial charge in [-0.3, -0.25) is 9.48 Å². The van der Waals surface area contributed by atoms with Crippen molar-refractivity contribution in [3.8, 4) is 0 Å². The molecule has 6 nitrogen and oxygen atoms in total. The number of thiazole rings is 1. The fourth-order valence-electron chi connectivity index (χ4n) is 3.58. The Bertz CT molecular complexity index is 906. The number of benzene rings is 1. The minimum Gasteiger partial charge on any atom is -0.345 e. The van der Waals surface area contributed by atoms with Crippen molar-refractivity contribution in [3.05, 3.63) is 41.7 Å². The van der Waals surface area contributed by atoms with Gasteiger partial charge in [-0.05, 0) is 38.5 Å². The number of para-hydroxylation sites is 1. The van der Waals surface area contributed by atoms with Crippen molar-refractivity contribution < 1.29 is 4.79 Å². The third kappa shape index (κ3) is 3.98. The molecule has 1 aromatic carbocycles. The van der Waals surface area contributed by atoms with Gasteiger partial charge in [0, 0.05) is 44.8 Å². The predicted octanol–water partition coefficient (Wildman–Crippen LogP) is 3.24. The first kappa shape index (κ1) is 18.0. The smallest absolute Gasteiger partial charge is 0.222 e. The van der Waals surface area contributed by atoms with Gasteiger partial charge in [0.15, 0.2) is 5.13 Å². The molecule has 0 aliphatic carbocycles.